The fraction of sp³-hybridized carbons (Fsp3) is 0.200. The van der Waals surface area contributed by atoms with Gasteiger partial charge in [-0.15, -0.1) is 0 Å². The number of anilines is 1. The second-order valence-corrected chi connectivity index (χ2v) is 3.73. The van der Waals surface area contributed by atoms with Crippen molar-refractivity contribution in [3.63, 3.8) is 0 Å². The van der Waals surface area contributed by atoms with Gasteiger partial charge in [0.05, 0.1) is 5.69 Å². The predicted octanol–water partition coefficient (Wildman–Crippen LogP) is 3.21. The number of thiocyanates is 1. The molecule has 3 nitrogen and oxygen atoms in total. The van der Waals surface area contributed by atoms with Gasteiger partial charge >= 0.3 is 6.18 Å². The normalized spacial score (nSPS) is 12.1. The number of thioether (sulfide) groups is 1. The van der Waals surface area contributed by atoms with Gasteiger partial charge in [0.2, 0.25) is 5.04 Å². The minimum atomic E-state index is -4.62. The Labute approximate surface area is 101 Å². The van der Waals surface area contributed by atoms with Crippen LogP contribution < -0.4 is 5.01 Å². The van der Waals surface area contributed by atoms with Gasteiger partial charge in [0.1, 0.15) is 5.40 Å². The molecule has 90 valence electrons. The van der Waals surface area contributed by atoms with Gasteiger partial charge in [-0.3, -0.25) is 5.01 Å². The SMILES string of the molecule is CN(/N=C(\SC#N)C(F)(F)F)c1ccccc1. The Bertz CT molecular complexity index is 436. The van der Waals surface area contributed by atoms with Crippen LogP contribution in [0.5, 0.6) is 0 Å². The van der Waals surface area contributed by atoms with Crippen molar-refractivity contribution in [2.75, 3.05) is 12.1 Å². The van der Waals surface area contributed by atoms with Gasteiger partial charge in [-0.25, -0.2) is 0 Å². The molecule has 0 saturated heterocycles. The standard InChI is InChI=1S/C10H8F3N3S/c1-16(8-5-3-2-4-6-8)15-9(17-7-14)10(11,12)13/h2-6H,1H3/b15-9-. The second kappa shape index (κ2) is 5.59. The van der Waals surface area contributed by atoms with E-state index in [1.54, 1.807) is 30.3 Å². The maximum atomic E-state index is 12.5. The molecule has 1 aromatic rings. The zero-order chi connectivity index (χ0) is 12.9. The number of hydrogen-bond donors (Lipinski definition) is 0. The van der Waals surface area contributed by atoms with Crippen LogP contribution in [0.25, 0.3) is 0 Å². The number of halogens is 3. The molecule has 7 heteroatoms. The highest BCUT2D eigenvalue weighted by molar-refractivity contribution is 8.18. The molecule has 0 aliphatic rings. The summed E-state index contributed by atoms with van der Waals surface area (Å²) in [5, 5.41) is 12.9. The first-order valence-corrected chi connectivity index (χ1v) is 5.27. The first-order chi connectivity index (χ1) is 7.95. The monoisotopic (exact) mass is 259 g/mol. The van der Waals surface area contributed by atoms with Crippen molar-refractivity contribution in [2.24, 2.45) is 5.10 Å². The van der Waals surface area contributed by atoms with Gasteiger partial charge in [0.15, 0.2) is 0 Å². The van der Waals surface area contributed by atoms with E-state index >= 15 is 0 Å². The van der Waals surface area contributed by atoms with Crippen LogP contribution in [-0.4, -0.2) is 18.3 Å². The van der Waals surface area contributed by atoms with Crippen LogP contribution >= 0.6 is 11.8 Å². The van der Waals surface area contributed by atoms with E-state index < -0.39 is 11.2 Å². The van der Waals surface area contributed by atoms with Crippen molar-refractivity contribution in [1.29, 1.82) is 5.26 Å². The summed E-state index contributed by atoms with van der Waals surface area (Å²) < 4.78 is 37.4. The molecule has 0 atom stereocenters. The van der Waals surface area contributed by atoms with Gasteiger partial charge in [0.25, 0.3) is 0 Å². The second-order valence-electron chi connectivity index (χ2n) is 2.96. The zero-order valence-electron chi connectivity index (χ0n) is 8.77. The lowest BCUT2D eigenvalue weighted by molar-refractivity contribution is -0.0556. The average Bonchev–Trinajstić information content (AvgIpc) is 2.28. The maximum Gasteiger partial charge on any atom is 0.442 e. The van der Waals surface area contributed by atoms with E-state index in [2.05, 4.69) is 5.10 Å². The molecule has 0 aliphatic heterocycles. The molecule has 1 rings (SSSR count). The summed E-state index contributed by atoms with van der Waals surface area (Å²) in [5.41, 5.74) is 0.507. The molecule has 1 aromatic carbocycles. The fourth-order valence-corrected chi connectivity index (χ4v) is 1.38. The first kappa shape index (κ1) is 13.4. The van der Waals surface area contributed by atoms with E-state index in [1.807, 2.05) is 0 Å². The lowest BCUT2D eigenvalue weighted by Gasteiger charge is -2.15. The maximum absolute atomic E-state index is 12.5. The molecular weight excluding hydrogens is 251 g/mol. The highest BCUT2D eigenvalue weighted by Crippen LogP contribution is 2.25. The summed E-state index contributed by atoms with van der Waals surface area (Å²) in [6.07, 6.45) is -4.62. The number of para-hydroxylation sites is 1. The molecule has 0 fully saturated rings. The van der Waals surface area contributed by atoms with Crippen LogP contribution in [0.15, 0.2) is 35.4 Å². The van der Waals surface area contributed by atoms with Gasteiger partial charge in [-0.2, -0.15) is 23.5 Å². The van der Waals surface area contributed by atoms with E-state index in [4.69, 9.17) is 5.26 Å². The minimum Gasteiger partial charge on any atom is -0.267 e. The van der Waals surface area contributed by atoms with E-state index in [1.165, 1.54) is 12.4 Å². The summed E-state index contributed by atoms with van der Waals surface area (Å²) in [5.74, 6) is 0. The minimum absolute atomic E-state index is 0.00478. The number of hydrazone groups is 1. The van der Waals surface area contributed by atoms with Crippen LogP contribution in [0.3, 0.4) is 0 Å². The molecule has 0 saturated carbocycles. The molecule has 17 heavy (non-hydrogen) atoms. The number of nitrogens with zero attached hydrogens (tertiary/aromatic N) is 3. The van der Waals surface area contributed by atoms with Crippen LogP contribution in [0.1, 0.15) is 0 Å². The number of benzene rings is 1. The third-order valence-electron chi connectivity index (χ3n) is 1.76. The number of alkyl halides is 3. The molecular formula is C10H8F3N3S. The molecule has 0 unspecified atom stereocenters. The smallest absolute Gasteiger partial charge is 0.267 e. The summed E-state index contributed by atoms with van der Waals surface area (Å²) in [7, 11) is 1.39. The van der Waals surface area contributed by atoms with Crippen molar-refractivity contribution in [1.82, 2.24) is 0 Å². The largest absolute Gasteiger partial charge is 0.442 e. The first-order valence-electron chi connectivity index (χ1n) is 4.45. The Balaban J connectivity index is 2.96. The highest BCUT2D eigenvalue weighted by Gasteiger charge is 2.37. The Morgan fingerprint density at radius 2 is 1.94 bits per heavy atom. The molecule has 0 bridgehead atoms. The van der Waals surface area contributed by atoms with Gasteiger partial charge in [-0.05, 0) is 12.1 Å². The molecule has 0 radical (unpaired) electrons. The molecule has 0 aromatic heterocycles. The van der Waals surface area contributed by atoms with E-state index in [0.717, 1.165) is 5.01 Å². The van der Waals surface area contributed by atoms with E-state index in [9.17, 15) is 13.2 Å². The van der Waals surface area contributed by atoms with Crippen LogP contribution in [-0.2, 0) is 0 Å². The molecule has 0 spiro atoms. The van der Waals surface area contributed by atoms with Gasteiger partial charge < -0.3 is 0 Å². The Morgan fingerprint density at radius 1 is 1.35 bits per heavy atom. The van der Waals surface area contributed by atoms with E-state index in [-0.39, 0.29) is 11.8 Å². The summed E-state index contributed by atoms with van der Waals surface area (Å²) in [6, 6.07) is 8.36. The number of nitriles is 1. The van der Waals surface area contributed by atoms with Crippen molar-refractivity contribution in [3.05, 3.63) is 30.3 Å². The number of hydrogen-bond acceptors (Lipinski definition) is 4. The lowest BCUT2D eigenvalue weighted by atomic mass is 10.3. The molecule has 0 heterocycles. The Kier molecular flexibility index (Phi) is 4.40. The van der Waals surface area contributed by atoms with Gasteiger partial charge in [-0.1, -0.05) is 18.2 Å². The Morgan fingerprint density at radius 3 is 2.41 bits per heavy atom. The lowest BCUT2D eigenvalue weighted by Crippen LogP contribution is -2.23. The predicted molar refractivity (Wildman–Crippen MR) is 61.5 cm³/mol. The molecule has 0 N–H and O–H groups in total. The third kappa shape index (κ3) is 4.00. The molecule has 0 amide bonds. The third-order valence-corrected chi connectivity index (χ3v) is 2.35. The number of rotatable bonds is 2. The van der Waals surface area contributed by atoms with Crippen molar-refractivity contribution < 1.29 is 13.2 Å². The Hall–Kier alpha value is -1.68. The van der Waals surface area contributed by atoms with Gasteiger partial charge in [0, 0.05) is 18.8 Å². The quantitative estimate of drug-likeness (QED) is 0.354. The van der Waals surface area contributed by atoms with Crippen molar-refractivity contribution in [3.8, 4) is 5.40 Å². The molecule has 0 aliphatic carbocycles. The zero-order valence-corrected chi connectivity index (χ0v) is 9.59. The summed E-state index contributed by atoms with van der Waals surface area (Å²) in [4.78, 5) is 0. The van der Waals surface area contributed by atoms with Crippen LogP contribution in [0.2, 0.25) is 0 Å². The topological polar surface area (TPSA) is 39.4 Å². The summed E-state index contributed by atoms with van der Waals surface area (Å²) in [6.45, 7) is 0. The van der Waals surface area contributed by atoms with Crippen molar-refractivity contribution >= 4 is 22.5 Å². The van der Waals surface area contributed by atoms with Crippen LogP contribution in [0.4, 0.5) is 18.9 Å². The van der Waals surface area contributed by atoms with Crippen molar-refractivity contribution in [2.45, 2.75) is 6.18 Å². The fourth-order valence-electron chi connectivity index (χ4n) is 1.02. The summed E-state index contributed by atoms with van der Waals surface area (Å²) >= 11 is -0.00478. The van der Waals surface area contributed by atoms with Crippen LogP contribution in [0, 0.1) is 10.7 Å². The highest BCUT2D eigenvalue weighted by atomic mass is 32.2. The average molecular weight is 259 g/mol. The van der Waals surface area contributed by atoms with E-state index in [0.29, 0.717) is 5.69 Å².